The predicted molar refractivity (Wildman–Crippen MR) is 52.0 cm³/mol. The third-order valence-electron chi connectivity index (χ3n) is 1.31. The van der Waals surface area contributed by atoms with Crippen molar-refractivity contribution in [3.63, 3.8) is 0 Å². The van der Waals surface area contributed by atoms with Gasteiger partial charge in [0.05, 0.1) is 5.75 Å². The minimum Gasteiger partial charge on any atom is -0.481 e. The Balaban J connectivity index is 3.88. The summed E-state index contributed by atoms with van der Waals surface area (Å²) >= 11 is 1.04. The van der Waals surface area contributed by atoms with Gasteiger partial charge in [0.25, 0.3) is 0 Å². The maximum absolute atomic E-state index is 10.7. The number of aliphatic carboxylic acids is 1. The molecule has 0 saturated heterocycles. The molecule has 0 spiro atoms. The van der Waals surface area contributed by atoms with Crippen LogP contribution in [0.2, 0.25) is 0 Å². The highest BCUT2D eigenvalue weighted by molar-refractivity contribution is 8.00. The number of carboxylic acid groups (broad SMARTS) is 1. The van der Waals surface area contributed by atoms with Crippen LogP contribution in [0.5, 0.6) is 0 Å². The quantitative estimate of drug-likeness (QED) is 0.481. The number of esters is 1. The van der Waals surface area contributed by atoms with Crippen LogP contribution in [-0.2, 0) is 14.3 Å². The predicted octanol–water partition coefficient (Wildman–Crippen LogP) is 0.466. The molecular formula is C8H14O5S. The highest BCUT2D eigenvalue weighted by atomic mass is 32.2. The van der Waals surface area contributed by atoms with E-state index in [4.69, 9.17) is 14.9 Å². The molecule has 5 nitrogen and oxygen atoms in total. The summed E-state index contributed by atoms with van der Waals surface area (Å²) in [5.74, 6) is -1.78. The number of ether oxygens (including phenoxy) is 1. The lowest BCUT2D eigenvalue weighted by Gasteiger charge is -2.14. The lowest BCUT2D eigenvalue weighted by atomic mass is 10.4. The lowest BCUT2D eigenvalue weighted by Crippen LogP contribution is -2.19. The molecule has 0 aliphatic heterocycles. The topological polar surface area (TPSA) is 83.8 Å². The summed E-state index contributed by atoms with van der Waals surface area (Å²) < 4.78 is 4.80. The average molecular weight is 222 g/mol. The third-order valence-corrected chi connectivity index (χ3v) is 2.43. The van der Waals surface area contributed by atoms with E-state index in [1.165, 1.54) is 0 Å². The molecule has 1 unspecified atom stereocenters. The summed E-state index contributed by atoms with van der Waals surface area (Å²) in [6.07, 6.45) is 1.37. The van der Waals surface area contributed by atoms with Gasteiger partial charge in [-0.1, -0.05) is 13.3 Å². The molecule has 0 fully saturated rings. The van der Waals surface area contributed by atoms with Gasteiger partial charge in [-0.2, -0.15) is 0 Å². The molecule has 0 heterocycles. The Bertz CT molecular complexity index is 194. The molecule has 0 aromatic carbocycles. The van der Waals surface area contributed by atoms with E-state index < -0.39 is 24.0 Å². The van der Waals surface area contributed by atoms with Gasteiger partial charge in [0.1, 0.15) is 12.0 Å². The molecule has 14 heavy (non-hydrogen) atoms. The van der Waals surface area contributed by atoms with Crippen molar-refractivity contribution in [1.82, 2.24) is 0 Å². The van der Waals surface area contributed by atoms with Crippen molar-refractivity contribution in [1.29, 1.82) is 0 Å². The third kappa shape index (κ3) is 6.73. The molecule has 0 bridgehead atoms. The van der Waals surface area contributed by atoms with Gasteiger partial charge in [0, 0.05) is 0 Å². The van der Waals surface area contributed by atoms with Crippen LogP contribution in [0.1, 0.15) is 19.8 Å². The summed E-state index contributed by atoms with van der Waals surface area (Å²) in [5, 5.41) is 16.8. The van der Waals surface area contributed by atoms with Gasteiger partial charge in [-0.15, -0.1) is 11.8 Å². The summed E-state index contributed by atoms with van der Waals surface area (Å²) in [6, 6.07) is 0. The molecule has 0 rings (SSSR count). The normalized spacial score (nSPS) is 12.1. The van der Waals surface area contributed by atoms with E-state index in [1.54, 1.807) is 0 Å². The fourth-order valence-corrected chi connectivity index (χ4v) is 1.67. The molecule has 0 aromatic rings. The Labute approximate surface area is 86.4 Å². The second kappa shape index (κ2) is 7.64. The van der Waals surface area contributed by atoms with Crippen molar-refractivity contribution in [3.8, 4) is 0 Å². The molecule has 82 valence electrons. The lowest BCUT2D eigenvalue weighted by molar-refractivity contribution is -0.148. The monoisotopic (exact) mass is 222 g/mol. The first-order chi connectivity index (χ1) is 6.60. The van der Waals surface area contributed by atoms with Gasteiger partial charge < -0.3 is 14.9 Å². The Morgan fingerprint density at radius 1 is 1.50 bits per heavy atom. The summed E-state index contributed by atoms with van der Waals surface area (Å²) in [4.78, 5) is 21.0. The molecule has 1 atom stereocenters. The van der Waals surface area contributed by atoms with Crippen LogP contribution in [0.25, 0.3) is 0 Å². The number of hydrogen-bond acceptors (Lipinski definition) is 5. The largest absolute Gasteiger partial charge is 0.481 e. The zero-order chi connectivity index (χ0) is 11.0. The minimum absolute atomic E-state index is 0.108. The minimum atomic E-state index is -0.948. The second-order valence-corrected chi connectivity index (χ2v) is 3.72. The molecular weight excluding hydrogens is 208 g/mol. The van der Waals surface area contributed by atoms with Gasteiger partial charge in [-0.3, -0.25) is 4.79 Å². The number of carbonyl (C=O) groups is 2. The number of carboxylic acids is 1. The average Bonchev–Trinajstić information content (AvgIpc) is 2.14. The molecule has 0 radical (unpaired) electrons. The summed E-state index contributed by atoms with van der Waals surface area (Å²) in [6.45, 7) is 1.23. The number of aliphatic hydroxyl groups is 1. The maximum Gasteiger partial charge on any atom is 0.332 e. The second-order valence-electron chi connectivity index (χ2n) is 2.57. The van der Waals surface area contributed by atoms with Gasteiger partial charge >= 0.3 is 11.9 Å². The van der Waals surface area contributed by atoms with Crippen LogP contribution in [0.15, 0.2) is 0 Å². The molecule has 0 aromatic heterocycles. The Kier molecular flexibility index (Phi) is 7.23. The standard InChI is InChI=1S/C8H14O5S/c1-2-3-8(13-7(12)4-9)14-5-6(10)11/h8-9H,2-5H2,1H3,(H,10,11). The van der Waals surface area contributed by atoms with E-state index in [-0.39, 0.29) is 5.75 Å². The van der Waals surface area contributed by atoms with Crippen LogP contribution >= 0.6 is 11.8 Å². The highest BCUT2D eigenvalue weighted by Gasteiger charge is 2.14. The maximum atomic E-state index is 10.7. The molecule has 6 heteroatoms. The van der Waals surface area contributed by atoms with Crippen LogP contribution < -0.4 is 0 Å². The van der Waals surface area contributed by atoms with Crippen LogP contribution in [0, 0.1) is 0 Å². The van der Waals surface area contributed by atoms with Gasteiger partial charge in [-0.05, 0) is 6.42 Å². The zero-order valence-electron chi connectivity index (χ0n) is 7.93. The number of rotatable bonds is 7. The Hall–Kier alpha value is -0.750. The first kappa shape index (κ1) is 13.2. The molecule has 0 saturated carbocycles. The first-order valence-corrected chi connectivity index (χ1v) is 5.28. The SMILES string of the molecule is CCCC(OC(=O)CO)SCC(=O)O. The number of aliphatic hydroxyl groups excluding tert-OH is 1. The van der Waals surface area contributed by atoms with Crippen molar-refractivity contribution in [3.05, 3.63) is 0 Å². The summed E-state index contributed by atoms with van der Waals surface area (Å²) in [7, 11) is 0. The fraction of sp³-hybridized carbons (Fsp3) is 0.750. The van der Waals surface area contributed by atoms with Crippen molar-refractivity contribution in [2.24, 2.45) is 0 Å². The van der Waals surface area contributed by atoms with Crippen molar-refractivity contribution < 1.29 is 24.5 Å². The van der Waals surface area contributed by atoms with Crippen LogP contribution in [0.3, 0.4) is 0 Å². The Morgan fingerprint density at radius 2 is 2.14 bits per heavy atom. The van der Waals surface area contributed by atoms with Gasteiger partial charge in [-0.25, -0.2) is 4.79 Å². The van der Waals surface area contributed by atoms with Crippen molar-refractivity contribution in [2.45, 2.75) is 25.2 Å². The smallest absolute Gasteiger partial charge is 0.332 e. The molecule has 0 aliphatic carbocycles. The molecule has 0 aliphatic rings. The fourth-order valence-electron chi connectivity index (χ4n) is 0.760. The number of thioether (sulfide) groups is 1. The van der Waals surface area contributed by atoms with Crippen LogP contribution in [-0.4, -0.2) is 39.9 Å². The van der Waals surface area contributed by atoms with E-state index in [0.717, 1.165) is 18.2 Å². The van der Waals surface area contributed by atoms with Crippen molar-refractivity contribution >= 4 is 23.7 Å². The first-order valence-electron chi connectivity index (χ1n) is 4.23. The van der Waals surface area contributed by atoms with E-state index in [2.05, 4.69) is 0 Å². The molecule has 0 amide bonds. The van der Waals surface area contributed by atoms with E-state index in [0.29, 0.717) is 6.42 Å². The van der Waals surface area contributed by atoms with Gasteiger partial charge in [0.15, 0.2) is 0 Å². The number of carbonyl (C=O) groups excluding carboxylic acids is 1. The highest BCUT2D eigenvalue weighted by Crippen LogP contribution is 2.17. The Morgan fingerprint density at radius 3 is 2.57 bits per heavy atom. The number of hydrogen-bond donors (Lipinski definition) is 2. The molecule has 2 N–H and O–H groups in total. The van der Waals surface area contributed by atoms with Gasteiger partial charge in [0.2, 0.25) is 0 Å². The van der Waals surface area contributed by atoms with Crippen LogP contribution in [0.4, 0.5) is 0 Å². The van der Waals surface area contributed by atoms with E-state index in [9.17, 15) is 9.59 Å². The van der Waals surface area contributed by atoms with E-state index in [1.807, 2.05) is 6.92 Å². The summed E-state index contributed by atoms with van der Waals surface area (Å²) in [5.41, 5.74) is -0.476. The van der Waals surface area contributed by atoms with E-state index >= 15 is 0 Å². The van der Waals surface area contributed by atoms with Crippen molar-refractivity contribution in [2.75, 3.05) is 12.4 Å². The zero-order valence-corrected chi connectivity index (χ0v) is 8.75.